The normalized spacial score (nSPS) is 11.0. The first-order valence-corrected chi connectivity index (χ1v) is 8.46. The van der Waals surface area contributed by atoms with E-state index in [0.717, 1.165) is 39.1 Å². The van der Waals surface area contributed by atoms with Gasteiger partial charge in [0.05, 0.1) is 17.7 Å². The number of aromatic nitrogens is 4. The van der Waals surface area contributed by atoms with Crippen molar-refractivity contribution in [2.24, 2.45) is 0 Å². The van der Waals surface area contributed by atoms with E-state index in [1.807, 2.05) is 55.8 Å². The summed E-state index contributed by atoms with van der Waals surface area (Å²) in [6.07, 6.45) is 3.76. The third-order valence-electron chi connectivity index (χ3n) is 4.06. The largest absolute Gasteiger partial charge is 0.343 e. The van der Waals surface area contributed by atoms with Gasteiger partial charge in [-0.3, -0.25) is 0 Å². The number of hydrogen-bond donors (Lipinski definition) is 1. The first kappa shape index (κ1) is 15.7. The summed E-state index contributed by atoms with van der Waals surface area (Å²) in [4.78, 5) is 12.5. The Hall–Kier alpha value is -2.85. The van der Waals surface area contributed by atoms with Crippen molar-refractivity contribution in [3.63, 3.8) is 0 Å². The van der Waals surface area contributed by atoms with E-state index in [2.05, 4.69) is 37.7 Å². The van der Waals surface area contributed by atoms with Crippen LogP contribution in [0, 0.1) is 6.92 Å². The van der Waals surface area contributed by atoms with Crippen molar-refractivity contribution in [2.45, 2.75) is 13.5 Å². The minimum Gasteiger partial charge on any atom is -0.343 e. The van der Waals surface area contributed by atoms with Crippen LogP contribution in [0.25, 0.3) is 22.8 Å². The summed E-state index contributed by atoms with van der Waals surface area (Å²) in [7, 11) is 0. The molecule has 4 aromatic rings. The van der Waals surface area contributed by atoms with Crippen LogP contribution in [-0.2, 0) is 6.54 Å². The van der Waals surface area contributed by atoms with Gasteiger partial charge in [0.15, 0.2) is 5.82 Å². The molecule has 0 amide bonds. The lowest BCUT2D eigenvalue weighted by atomic mass is 10.1. The summed E-state index contributed by atoms with van der Waals surface area (Å²) >= 11 is 6.13. The van der Waals surface area contributed by atoms with Crippen LogP contribution in [0.5, 0.6) is 0 Å². The van der Waals surface area contributed by atoms with Crippen molar-refractivity contribution >= 4 is 11.6 Å². The number of H-pyrrole nitrogens is 1. The number of hydrogen-bond acceptors (Lipinski definition) is 2. The molecule has 0 aliphatic rings. The molecule has 0 spiro atoms. The van der Waals surface area contributed by atoms with Gasteiger partial charge in [0.2, 0.25) is 0 Å². The van der Waals surface area contributed by atoms with E-state index < -0.39 is 0 Å². The van der Waals surface area contributed by atoms with E-state index in [1.54, 1.807) is 0 Å². The van der Waals surface area contributed by atoms with Gasteiger partial charge >= 0.3 is 0 Å². The van der Waals surface area contributed by atoms with E-state index in [1.165, 1.54) is 0 Å². The predicted molar refractivity (Wildman–Crippen MR) is 101 cm³/mol. The lowest BCUT2D eigenvalue weighted by molar-refractivity contribution is 0.800. The van der Waals surface area contributed by atoms with Crippen LogP contribution in [0.15, 0.2) is 67.1 Å². The summed E-state index contributed by atoms with van der Waals surface area (Å²) in [5.41, 5.74) is 5.02. The zero-order valence-corrected chi connectivity index (χ0v) is 14.5. The average molecular weight is 349 g/mol. The molecule has 4 nitrogen and oxygen atoms in total. The number of rotatable bonds is 4. The Balaban J connectivity index is 1.83. The Labute approximate surface area is 151 Å². The fraction of sp³-hybridized carbons (Fsp3) is 0.100. The third-order valence-corrected chi connectivity index (χ3v) is 4.29. The van der Waals surface area contributed by atoms with Crippen LogP contribution >= 0.6 is 11.6 Å². The lowest BCUT2D eigenvalue weighted by Crippen LogP contribution is -2.02. The molecule has 2 aromatic carbocycles. The molecule has 0 saturated heterocycles. The predicted octanol–water partition coefficient (Wildman–Crippen LogP) is 4.95. The molecule has 2 aromatic heterocycles. The van der Waals surface area contributed by atoms with Gasteiger partial charge in [0, 0.05) is 23.3 Å². The second-order valence-electron chi connectivity index (χ2n) is 5.96. The molecule has 0 bridgehead atoms. The number of aromatic amines is 1. The van der Waals surface area contributed by atoms with Gasteiger partial charge < -0.3 is 9.55 Å². The molecule has 124 valence electrons. The molecule has 1 N–H and O–H groups in total. The minimum atomic E-state index is 0.676. The first-order valence-electron chi connectivity index (χ1n) is 8.08. The third kappa shape index (κ3) is 3.21. The van der Waals surface area contributed by atoms with Crippen LogP contribution in [0.4, 0.5) is 0 Å². The molecule has 0 aliphatic carbocycles. The standard InChI is InChI=1S/C20H17ClN4/c1-14-11-22-20(24-14)19-18(16-7-3-2-4-8-16)23-13-25(19)12-15-6-5-9-17(21)10-15/h2-11,13H,12H2,1H3,(H,22,24). The highest BCUT2D eigenvalue weighted by Gasteiger charge is 2.17. The molecule has 0 fully saturated rings. The Morgan fingerprint density at radius 2 is 1.92 bits per heavy atom. The average Bonchev–Trinajstić information content (AvgIpc) is 3.22. The van der Waals surface area contributed by atoms with Gasteiger partial charge in [0.25, 0.3) is 0 Å². The number of nitrogens with zero attached hydrogens (tertiary/aromatic N) is 3. The van der Waals surface area contributed by atoms with Crippen molar-refractivity contribution in [1.29, 1.82) is 0 Å². The van der Waals surface area contributed by atoms with Gasteiger partial charge in [-0.05, 0) is 24.6 Å². The molecule has 0 saturated carbocycles. The summed E-state index contributed by atoms with van der Waals surface area (Å²) in [6, 6.07) is 18.0. The maximum atomic E-state index is 6.13. The van der Waals surface area contributed by atoms with Gasteiger partial charge in [-0.25, -0.2) is 9.97 Å². The second-order valence-corrected chi connectivity index (χ2v) is 6.39. The highest BCUT2D eigenvalue weighted by Crippen LogP contribution is 2.30. The maximum absolute atomic E-state index is 6.13. The smallest absolute Gasteiger partial charge is 0.156 e. The molecule has 5 heteroatoms. The summed E-state index contributed by atoms with van der Waals surface area (Å²) in [6.45, 7) is 2.65. The topological polar surface area (TPSA) is 46.5 Å². The van der Waals surface area contributed by atoms with Crippen LogP contribution in [-0.4, -0.2) is 19.5 Å². The first-order chi connectivity index (χ1) is 12.2. The molecule has 0 unspecified atom stereocenters. The van der Waals surface area contributed by atoms with Crippen molar-refractivity contribution in [2.75, 3.05) is 0 Å². The van der Waals surface area contributed by atoms with E-state index in [4.69, 9.17) is 11.6 Å². The van der Waals surface area contributed by atoms with E-state index in [-0.39, 0.29) is 0 Å². The molecule has 0 atom stereocenters. The lowest BCUT2D eigenvalue weighted by Gasteiger charge is -2.09. The highest BCUT2D eigenvalue weighted by atomic mass is 35.5. The van der Waals surface area contributed by atoms with Gasteiger partial charge in [0.1, 0.15) is 5.69 Å². The Kier molecular flexibility index (Phi) is 4.12. The number of aryl methyl sites for hydroxylation is 1. The second kappa shape index (κ2) is 6.57. The molecule has 2 heterocycles. The molecule has 4 rings (SSSR count). The summed E-state index contributed by atoms with van der Waals surface area (Å²) < 4.78 is 2.10. The van der Waals surface area contributed by atoms with Crippen molar-refractivity contribution in [3.05, 3.63) is 83.4 Å². The zero-order valence-electron chi connectivity index (χ0n) is 13.8. The van der Waals surface area contributed by atoms with Crippen LogP contribution in [0.1, 0.15) is 11.3 Å². The van der Waals surface area contributed by atoms with Crippen LogP contribution in [0.2, 0.25) is 5.02 Å². The fourth-order valence-corrected chi connectivity index (χ4v) is 3.14. The number of halogens is 1. The molecule has 0 aliphatic heterocycles. The molecule has 0 radical (unpaired) electrons. The summed E-state index contributed by atoms with van der Waals surface area (Å²) in [5, 5.41) is 0.733. The molecule has 25 heavy (non-hydrogen) atoms. The Morgan fingerprint density at radius 3 is 2.64 bits per heavy atom. The fourth-order valence-electron chi connectivity index (χ4n) is 2.92. The van der Waals surface area contributed by atoms with E-state index in [0.29, 0.717) is 6.54 Å². The van der Waals surface area contributed by atoms with E-state index >= 15 is 0 Å². The SMILES string of the molecule is Cc1c[nH]c(-c2c(-c3ccccc3)ncn2Cc2cccc(Cl)c2)n1. The Bertz CT molecular complexity index is 1000. The van der Waals surface area contributed by atoms with Crippen LogP contribution in [0.3, 0.4) is 0 Å². The number of imidazole rings is 2. The van der Waals surface area contributed by atoms with Gasteiger partial charge in [-0.2, -0.15) is 0 Å². The summed E-state index contributed by atoms with van der Waals surface area (Å²) in [5.74, 6) is 0.816. The van der Waals surface area contributed by atoms with Gasteiger partial charge in [-0.15, -0.1) is 0 Å². The zero-order chi connectivity index (χ0) is 17.2. The highest BCUT2D eigenvalue weighted by molar-refractivity contribution is 6.30. The molecular formula is C20H17ClN4. The van der Waals surface area contributed by atoms with Crippen molar-refractivity contribution < 1.29 is 0 Å². The van der Waals surface area contributed by atoms with Crippen LogP contribution < -0.4 is 0 Å². The number of nitrogens with one attached hydrogen (secondary N) is 1. The maximum Gasteiger partial charge on any atom is 0.156 e. The van der Waals surface area contributed by atoms with E-state index in [9.17, 15) is 0 Å². The van der Waals surface area contributed by atoms with Crippen molar-refractivity contribution in [3.8, 4) is 22.8 Å². The quantitative estimate of drug-likeness (QED) is 0.567. The Morgan fingerprint density at radius 1 is 1.08 bits per heavy atom. The minimum absolute atomic E-state index is 0.676. The monoisotopic (exact) mass is 348 g/mol. The number of benzene rings is 2. The van der Waals surface area contributed by atoms with Crippen molar-refractivity contribution in [1.82, 2.24) is 19.5 Å². The molecular weight excluding hydrogens is 332 g/mol. The van der Waals surface area contributed by atoms with Gasteiger partial charge in [-0.1, -0.05) is 54.1 Å².